The van der Waals surface area contributed by atoms with E-state index in [1.165, 1.54) is 11.1 Å². The van der Waals surface area contributed by atoms with Crippen LogP contribution < -0.4 is 5.32 Å². The van der Waals surface area contributed by atoms with Crippen molar-refractivity contribution in [3.63, 3.8) is 0 Å². The average Bonchev–Trinajstić information content (AvgIpc) is 3.61. The Kier molecular flexibility index (Phi) is 9.21. The third-order valence-electron chi connectivity index (χ3n) is 7.53. The van der Waals surface area contributed by atoms with Crippen molar-refractivity contribution in [2.75, 3.05) is 19.8 Å². The van der Waals surface area contributed by atoms with Crippen LogP contribution in [0.4, 0.5) is 0 Å². The van der Waals surface area contributed by atoms with Gasteiger partial charge in [-0.05, 0) is 93.4 Å². The Morgan fingerprint density at radius 1 is 1.08 bits per heavy atom. The monoisotopic (exact) mass is 493 g/mol. The van der Waals surface area contributed by atoms with Gasteiger partial charge in [-0.25, -0.2) is 0 Å². The maximum Gasteiger partial charge on any atom is 0.306 e. The van der Waals surface area contributed by atoms with Gasteiger partial charge in [-0.2, -0.15) is 0 Å². The van der Waals surface area contributed by atoms with Crippen LogP contribution >= 0.6 is 0 Å². The molecular weight excluding hydrogens is 450 g/mol. The molecule has 4 rings (SSSR count). The number of fused-ring (bicyclic) bond motifs is 1. The molecule has 0 amide bonds. The van der Waals surface area contributed by atoms with E-state index in [1.54, 1.807) is 0 Å². The van der Waals surface area contributed by atoms with Crippen LogP contribution in [0.15, 0.2) is 48.5 Å². The fraction of sp³-hybridized carbons (Fsp3) is 0.581. The number of carbonyl (C=O) groups is 1. The predicted octanol–water partition coefficient (Wildman–Crippen LogP) is 5.18. The number of rotatable bonds is 14. The minimum absolute atomic E-state index is 0.0388. The van der Waals surface area contributed by atoms with Crippen LogP contribution in [0.1, 0.15) is 74.8 Å². The van der Waals surface area contributed by atoms with E-state index in [2.05, 4.69) is 55.6 Å². The van der Waals surface area contributed by atoms with Crippen LogP contribution in [0.2, 0.25) is 0 Å². The summed E-state index contributed by atoms with van der Waals surface area (Å²) in [5, 5.41) is 14.4. The minimum Gasteiger partial charge on any atom is -0.466 e. The zero-order valence-electron chi connectivity index (χ0n) is 22.2. The van der Waals surface area contributed by atoms with Gasteiger partial charge in [0, 0.05) is 18.5 Å². The van der Waals surface area contributed by atoms with Crippen molar-refractivity contribution in [3.8, 4) is 0 Å². The second-order valence-electron chi connectivity index (χ2n) is 11.3. The normalized spacial score (nSPS) is 17.6. The minimum atomic E-state index is -0.571. The number of aryl methyl sites for hydroxylation is 1. The summed E-state index contributed by atoms with van der Waals surface area (Å²) in [5.41, 5.74) is 5.20. The Bertz CT molecular complexity index is 975. The number of esters is 1. The number of aliphatic hydroxyl groups is 1. The average molecular weight is 494 g/mol. The SMILES string of the molecule is CCOC(=O)CCc1ccccc1[C@@H](OC[C@H](O)CNC(C)(C)CC1Cc2ccccc2C1)C1CC1. The van der Waals surface area contributed by atoms with E-state index in [0.717, 1.165) is 43.2 Å². The molecule has 0 spiro atoms. The number of β-amino-alcohol motifs (C(OH)–C–C–N with tert-alkyl or cyclic N) is 1. The van der Waals surface area contributed by atoms with Crippen LogP contribution in [-0.4, -0.2) is 42.5 Å². The predicted molar refractivity (Wildman–Crippen MR) is 143 cm³/mol. The van der Waals surface area contributed by atoms with Gasteiger partial charge in [0.15, 0.2) is 0 Å². The summed E-state index contributed by atoms with van der Waals surface area (Å²) < 4.78 is 11.4. The van der Waals surface area contributed by atoms with Crippen molar-refractivity contribution in [3.05, 3.63) is 70.8 Å². The lowest BCUT2D eigenvalue weighted by Gasteiger charge is -2.31. The molecule has 1 saturated carbocycles. The van der Waals surface area contributed by atoms with Crippen LogP contribution in [0.25, 0.3) is 0 Å². The molecule has 2 aliphatic carbocycles. The van der Waals surface area contributed by atoms with E-state index in [4.69, 9.17) is 9.47 Å². The van der Waals surface area contributed by atoms with Gasteiger partial charge in [0.1, 0.15) is 0 Å². The van der Waals surface area contributed by atoms with E-state index in [9.17, 15) is 9.90 Å². The summed E-state index contributed by atoms with van der Waals surface area (Å²) in [6, 6.07) is 17.0. The molecule has 0 heterocycles. The Balaban J connectivity index is 1.26. The maximum absolute atomic E-state index is 11.9. The molecule has 5 heteroatoms. The summed E-state index contributed by atoms with van der Waals surface area (Å²) in [6.07, 6.45) is 6.05. The molecule has 2 aromatic rings. The van der Waals surface area contributed by atoms with Crippen LogP contribution in [-0.2, 0) is 33.5 Å². The van der Waals surface area contributed by atoms with Crippen molar-refractivity contribution in [1.29, 1.82) is 0 Å². The first-order chi connectivity index (χ1) is 17.3. The van der Waals surface area contributed by atoms with Gasteiger partial charge in [0.2, 0.25) is 0 Å². The van der Waals surface area contributed by atoms with E-state index in [0.29, 0.717) is 44.4 Å². The molecule has 196 valence electrons. The highest BCUT2D eigenvalue weighted by atomic mass is 16.5. The Labute approximate surface area is 216 Å². The van der Waals surface area contributed by atoms with Crippen LogP contribution in [0, 0.1) is 11.8 Å². The van der Waals surface area contributed by atoms with Gasteiger partial charge in [0.05, 0.1) is 25.4 Å². The van der Waals surface area contributed by atoms with Gasteiger partial charge in [0.25, 0.3) is 0 Å². The molecule has 0 bridgehead atoms. The summed E-state index contributed by atoms with van der Waals surface area (Å²) in [4.78, 5) is 11.9. The van der Waals surface area contributed by atoms with Crippen LogP contribution in [0.3, 0.4) is 0 Å². The molecule has 1 fully saturated rings. The molecule has 36 heavy (non-hydrogen) atoms. The number of hydrogen-bond acceptors (Lipinski definition) is 5. The molecule has 0 aromatic heterocycles. The lowest BCUT2D eigenvalue weighted by atomic mass is 9.88. The van der Waals surface area contributed by atoms with E-state index >= 15 is 0 Å². The molecule has 0 saturated heterocycles. The van der Waals surface area contributed by atoms with Gasteiger partial charge in [-0.3, -0.25) is 4.79 Å². The second kappa shape index (κ2) is 12.4. The number of aliphatic hydroxyl groups excluding tert-OH is 1. The zero-order chi connectivity index (χ0) is 25.5. The standard InChI is InChI=1S/C31H43NO4/c1-4-35-29(34)16-15-23-9-7-8-12-28(23)30(24-13-14-24)36-21-27(33)20-32-31(2,3)19-22-17-25-10-5-6-11-26(25)18-22/h5-12,22,24,27,30,32-33H,4,13-21H2,1-3H3/t27-,30+/m1/s1. The smallest absolute Gasteiger partial charge is 0.306 e. The lowest BCUT2D eigenvalue weighted by molar-refractivity contribution is -0.143. The summed E-state index contributed by atoms with van der Waals surface area (Å²) in [5.74, 6) is 0.958. The first kappa shape index (κ1) is 26.8. The number of ether oxygens (including phenoxy) is 2. The molecule has 0 unspecified atom stereocenters. The van der Waals surface area contributed by atoms with Crippen molar-refractivity contribution < 1.29 is 19.4 Å². The fourth-order valence-corrected chi connectivity index (χ4v) is 5.64. The first-order valence-electron chi connectivity index (χ1n) is 13.7. The Hall–Kier alpha value is -2.21. The van der Waals surface area contributed by atoms with E-state index in [1.807, 2.05) is 19.1 Å². The molecule has 2 aliphatic rings. The fourth-order valence-electron chi connectivity index (χ4n) is 5.64. The van der Waals surface area contributed by atoms with Gasteiger partial charge >= 0.3 is 5.97 Å². The Morgan fingerprint density at radius 2 is 1.75 bits per heavy atom. The maximum atomic E-state index is 11.9. The van der Waals surface area contributed by atoms with Crippen molar-refractivity contribution >= 4 is 5.97 Å². The van der Waals surface area contributed by atoms with Gasteiger partial charge in [-0.1, -0.05) is 48.5 Å². The van der Waals surface area contributed by atoms with Gasteiger partial charge < -0.3 is 19.9 Å². The third-order valence-corrected chi connectivity index (χ3v) is 7.53. The summed E-state index contributed by atoms with van der Waals surface area (Å²) >= 11 is 0. The summed E-state index contributed by atoms with van der Waals surface area (Å²) in [6.45, 7) is 7.51. The third kappa shape index (κ3) is 7.64. The highest BCUT2D eigenvalue weighted by Gasteiger charge is 2.35. The highest BCUT2D eigenvalue weighted by Crippen LogP contribution is 2.44. The van der Waals surface area contributed by atoms with Gasteiger partial charge in [-0.15, -0.1) is 0 Å². The number of hydrogen-bond donors (Lipinski definition) is 2. The molecule has 0 radical (unpaired) electrons. The van der Waals surface area contributed by atoms with E-state index < -0.39 is 6.10 Å². The number of carbonyl (C=O) groups excluding carboxylic acids is 1. The number of nitrogens with one attached hydrogen (secondary N) is 1. The molecule has 0 aliphatic heterocycles. The Morgan fingerprint density at radius 3 is 2.42 bits per heavy atom. The van der Waals surface area contributed by atoms with Crippen molar-refractivity contribution in [2.24, 2.45) is 11.8 Å². The zero-order valence-corrected chi connectivity index (χ0v) is 22.2. The molecular formula is C31H43NO4. The van der Waals surface area contributed by atoms with Crippen molar-refractivity contribution in [2.45, 2.75) is 83.5 Å². The molecule has 5 nitrogen and oxygen atoms in total. The topological polar surface area (TPSA) is 67.8 Å². The molecule has 2 N–H and O–H groups in total. The number of benzene rings is 2. The molecule has 2 atom stereocenters. The second-order valence-corrected chi connectivity index (χ2v) is 11.3. The van der Waals surface area contributed by atoms with Crippen LogP contribution in [0.5, 0.6) is 0 Å². The largest absolute Gasteiger partial charge is 0.466 e. The first-order valence-corrected chi connectivity index (χ1v) is 13.7. The van der Waals surface area contributed by atoms with Crippen molar-refractivity contribution in [1.82, 2.24) is 5.32 Å². The quantitative estimate of drug-likeness (QED) is 0.355. The van der Waals surface area contributed by atoms with E-state index in [-0.39, 0.29) is 17.6 Å². The molecule has 2 aromatic carbocycles. The highest BCUT2D eigenvalue weighted by molar-refractivity contribution is 5.69. The lowest BCUT2D eigenvalue weighted by Crippen LogP contribution is -2.45. The summed E-state index contributed by atoms with van der Waals surface area (Å²) in [7, 11) is 0.